The van der Waals surface area contributed by atoms with Gasteiger partial charge in [-0.3, -0.25) is 14.4 Å². The molecule has 5 atom stereocenters. The number of phenols is 1. The molecule has 7 N–H and O–H groups in total. The minimum atomic E-state index is -2.48. The van der Waals surface area contributed by atoms with Crippen molar-refractivity contribution in [3.63, 3.8) is 0 Å². The number of phenolic OH excluding ortho intramolecular Hbond substituents is 1. The molecule has 0 heterocycles. The molecule has 1 fully saturated rings. The van der Waals surface area contributed by atoms with Gasteiger partial charge in [0.25, 0.3) is 0 Å². The van der Waals surface area contributed by atoms with Gasteiger partial charge in [-0.1, -0.05) is 19.9 Å². The van der Waals surface area contributed by atoms with E-state index in [-0.39, 0.29) is 29.7 Å². The smallest absolute Gasteiger partial charge is 0.230 e. The number of ketones is 2. The second-order valence-corrected chi connectivity index (χ2v) is 9.86. The van der Waals surface area contributed by atoms with Crippen LogP contribution in [0.25, 0.3) is 0 Å². The van der Waals surface area contributed by atoms with Crippen LogP contribution in [0.15, 0.2) is 23.5 Å². The lowest BCUT2D eigenvalue weighted by atomic mass is 9.57. The van der Waals surface area contributed by atoms with Gasteiger partial charge in [-0.15, -0.1) is 0 Å². The maximum atomic E-state index is 13.5. The molecule has 3 aliphatic rings. The maximum absolute atomic E-state index is 13.5. The first kappa shape index (κ1) is 23.4. The van der Waals surface area contributed by atoms with Crippen LogP contribution in [0.2, 0.25) is 0 Å². The Labute approximate surface area is 191 Å². The topological polar surface area (TPSA) is 170 Å². The van der Waals surface area contributed by atoms with Gasteiger partial charge in [-0.05, 0) is 54.8 Å². The fourth-order valence-electron chi connectivity index (χ4n) is 5.65. The summed E-state index contributed by atoms with van der Waals surface area (Å²) in [5.41, 5.74) is 4.22. The van der Waals surface area contributed by atoms with E-state index in [0.717, 1.165) is 12.1 Å². The zero-order valence-corrected chi connectivity index (χ0v) is 18.7. The molecule has 2 unspecified atom stereocenters. The Balaban J connectivity index is 1.78. The highest BCUT2D eigenvalue weighted by atomic mass is 16.3. The molecule has 4 rings (SSSR count). The fourth-order valence-corrected chi connectivity index (χ4v) is 5.65. The summed E-state index contributed by atoms with van der Waals surface area (Å²) in [6.45, 7) is 5.43. The number of hydrogen-bond acceptors (Lipinski definition) is 8. The van der Waals surface area contributed by atoms with E-state index in [2.05, 4.69) is 19.2 Å². The molecule has 0 bridgehead atoms. The molecule has 3 aliphatic carbocycles. The number of aliphatic hydroxyl groups is 3. The van der Waals surface area contributed by atoms with Crippen molar-refractivity contribution >= 4 is 17.5 Å². The number of hydrogen-bond donors (Lipinski definition) is 6. The van der Waals surface area contributed by atoms with Crippen LogP contribution in [-0.4, -0.2) is 56.1 Å². The number of carbonyl (C=O) groups excluding carboxylic acids is 3. The van der Waals surface area contributed by atoms with E-state index in [1.54, 1.807) is 6.07 Å². The molecule has 0 aliphatic heterocycles. The number of aromatic hydroxyl groups is 1. The average molecular weight is 459 g/mol. The standard InChI is InChI=1S/C24H30N2O7/c1-10(2)8-26-9-11-3-4-15(27)18-14(11)6-12-5-13-7-16(28)19(23(25)32)22(31)24(13,33)21(30)17(12)20(18)29/h3-4,10,12-13,16,19,26-28,30,33H,5-9H2,1-2H3,(H2,25,32)/t12-,13+,16?,19?,24+/m1/s1. The van der Waals surface area contributed by atoms with E-state index in [4.69, 9.17) is 5.73 Å². The van der Waals surface area contributed by atoms with Gasteiger partial charge in [0, 0.05) is 18.0 Å². The van der Waals surface area contributed by atoms with E-state index in [1.807, 2.05) is 0 Å². The van der Waals surface area contributed by atoms with Crippen LogP contribution < -0.4 is 11.1 Å². The number of allylic oxidation sites excluding steroid dienone is 1. The number of aliphatic hydroxyl groups excluding tert-OH is 2. The number of amides is 1. The van der Waals surface area contributed by atoms with Gasteiger partial charge in [0.1, 0.15) is 17.4 Å². The minimum absolute atomic E-state index is 0.0495. The summed E-state index contributed by atoms with van der Waals surface area (Å²) in [7, 11) is 0. The van der Waals surface area contributed by atoms with E-state index in [1.165, 1.54) is 6.07 Å². The van der Waals surface area contributed by atoms with Crippen LogP contribution >= 0.6 is 0 Å². The van der Waals surface area contributed by atoms with E-state index >= 15 is 0 Å². The molecule has 1 amide bonds. The van der Waals surface area contributed by atoms with Crippen molar-refractivity contribution in [2.45, 2.75) is 51.4 Å². The lowest BCUT2D eigenvalue weighted by Gasteiger charge is -2.48. The third-order valence-corrected chi connectivity index (χ3v) is 7.24. The van der Waals surface area contributed by atoms with Gasteiger partial charge in [-0.2, -0.15) is 0 Å². The molecular weight excluding hydrogens is 428 g/mol. The Bertz CT molecular complexity index is 1060. The molecule has 33 heavy (non-hydrogen) atoms. The van der Waals surface area contributed by atoms with Gasteiger partial charge < -0.3 is 31.5 Å². The number of primary amides is 1. The molecule has 1 aromatic carbocycles. The van der Waals surface area contributed by atoms with Crippen LogP contribution in [0, 0.1) is 23.7 Å². The molecule has 9 heteroatoms. The highest BCUT2D eigenvalue weighted by molar-refractivity contribution is 6.15. The summed E-state index contributed by atoms with van der Waals surface area (Å²) in [5.74, 6) is -6.52. The van der Waals surface area contributed by atoms with Gasteiger partial charge >= 0.3 is 0 Å². The van der Waals surface area contributed by atoms with Gasteiger partial charge in [0.05, 0.1) is 11.7 Å². The highest BCUT2D eigenvalue weighted by Crippen LogP contribution is 2.51. The minimum Gasteiger partial charge on any atom is -0.508 e. The van der Waals surface area contributed by atoms with Gasteiger partial charge in [0.2, 0.25) is 5.91 Å². The number of fused-ring (bicyclic) bond motifs is 3. The van der Waals surface area contributed by atoms with Crippen LogP contribution in [0.3, 0.4) is 0 Å². The first-order valence-corrected chi connectivity index (χ1v) is 11.2. The lowest BCUT2D eigenvalue weighted by molar-refractivity contribution is -0.167. The van der Waals surface area contributed by atoms with Crippen molar-refractivity contribution in [3.05, 3.63) is 40.2 Å². The van der Waals surface area contributed by atoms with Crippen LogP contribution in [0.1, 0.15) is 48.2 Å². The maximum Gasteiger partial charge on any atom is 0.230 e. The molecule has 1 aromatic rings. The summed E-state index contributed by atoms with van der Waals surface area (Å²) in [6, 6.07) is 3.18. The second-order valence-electron chi connectivity index (χ2n) is 9.86. The van der Waals surface area contributed by atoms with E-state index < -0.39 is 52.7 Å². The first-order chi connectivity index (χ1) is 15.5. The Morgan fingerprint density at radius 2 is 1.94 bits per heavy atom. The zero-order chi connectivity index (χ0) is 24.2. The SMILES string of the molecule is CC(C)CNCc1ccc(O)c2c1C[C@H]1C[C@H]3CC(O)C(C(N)=O)C(=O)[C@@]3(O)C(O)=C1C2=O. The number of nitrogens with one attached hydrogen (secondary N) is 1. The fraction of sp³-hybridized carbons (Fsp3) is 0.542. The van der Waals surface area contributed by atoms with Crippen LogP contribution in [-0.2, 0) is 22.6 Å². The van der Waals surface area contributed by atoms with E-state index in [0.29, 0.717) is 24.4 Å². The molecule has 0 radical (unpaired) electrons. The summed E-state index contributed by atoms with van der Waals surface area (Å²) < 4.78 is 0. The summed E-state index contributed by atoms with van der Waals surface area (Å²) in [4.78, 5) is 38.2. The molecule has 1 saturated carbocycles. The van der Waals surface area contributed by atoms with Crippen molar-refractivity contribution in [1.29, 1.82) is 0 Å². The average Bonchev–Trinajstić information content (AvgIpc) is 2.71. The van der Waals surface area contributed by atoms with Crippen molar-refractivity contribution in [2.75, 3.05) is 6.54 Å². The summed E-state index contributed by atoms with van der Waals surface area (Å²) >= 11 is 0. The number of carbonyl (C=O) groups is 3. The molecule has 9 nitrogen and oxygen atoms in total. The second kappa shape index (κ2) is 8.23. The largest absolute Gasteiger partial charge is 0.508 e. The van der Waals surface area contributed by atoms with Crippen molar-refractivity contribution in [1.82, 2.24) is 5.32 Å². The van der Waals surface area contributed by atoms with Crippen LogP contribution in [0.5, 0.6) is 5.75 Å². The van der Waals surface area contributed by atoms with Crippen molar-refractivity contribution < 1.29 is 34.8 Å². The summed E-state index contributed by atoms with van der Waals surface area (Å²) in [6.07, 6.45) is -1.01. The predicted octanol–water partition coefficient (Wildman–Crippen LogP) is 0.491. The van der Waals surface area contributed by atoms with Crippen molar-refractivity contribution in [3.8, 4) is 5.75 Å². The van der Waals surface area contributed by atoms with Gasteiger partial charge in [-0.25, -0.2) is 0 Å². The molecule has 0 aromatic heterocycles. The number of rotatable bonds is 5. The third kappa shape index (κ3) is 3.55. The highest BCUT2D eigenvalue weighted by Gasteiger charge is 2.62. The number of benzene rings is 1. The first-order valence-electron chi connectivity index (χ1n) is 11.2. The Kier molecular flexibility index (Phi) is 5.84. The Morgan fingerprint density at radius 3 is 2.58 bits per heavy atom. The normalized spacial score (nSPS) is 31.3. The zero-order valence-electron chi connectivity index (χ0n) is 18.7. The lowest BCUT2D eigenvalue weighted by Crippen LogP contribution is -2.63. The molecule has 0 spiro atoms. The monoisotopic (exact) mass is 458 g/mol. The molecule has 178 valence electrons. The number of nitrogens with two attached hydrogens (primary N) is 1. The number of Topliss-reactive ketones (excluding diaryl/α,β-unsaturated/α-hetero) is 2. The van der Waals surface area contributed by atoms with Gasteiger partial charge in [0.15, 0.2) is 17.2 Å². The van der Waals surface area contributed by atoms with E-state index in [9.17, 15) is 34.8 Å². The molecular formula is C24H30N2O7. The Morgan fingerprint density at radius 1 is 1.24 bits per heavy atom. The molecule has 0 saturated heterocycles. The third-order valence-electron chi connectivity index (χ3n) is 7.24. The predicted molar refractivity (Wildman–Crippen MR) is 117 cm³/mol. The summed E-state index contributed by atoms with van der Waals surface area (Å²) in [5, 5.41) is 46.4. The Hall–Kier alpha value is -2.75. The van der Waals surface area contributed by atoms with Crippen LogP contribution in [0.4, 0.5) is 0 Å². The quantitative estimate of drug-likeness (QED) is 0.346. The van der Waals surface area contributed by atoms with Crippen molar-refractivity contribution in [2.24, 2.45) is 29.4 Å².